The Balaban J connectivity index is 1.28. The Bertz CT molecular complexity index is 1280. The fraction of sp³-hybridized carbons (Fsp3) is 0.276. The first-order valence-electron chi connectivity index (χ1n) is 12.3. The van der Waals surface area contributed by atoms with E-state index in [1.165, 1.54) is 5.56 Å². The van der Waals surface area contributed by atoms with Crippen molar-refractivity contribution in [2.24, 2.45) is 0 Å². The fourth-order valence-electron chi connectivity index (χ4n) is 4.14. The van der Waals surface area contributed by atoms with Crippen molar-refractivity contribution < 1.29 is 9.53 Å². The number of nitrogens with one attached hydrogen (secondary N) is 1. The zero-order valence-electron chi connectivity index (χ0n) is 20.0. The minimum atomic E-state index is -0.0653. The number of hydrogen-bond donors (Lipinski definition) is 1. The second-order valence-corrected chi connectivity index (χ2v) is 8.96. The zero-order valence-corrected chi connectivity index (χ0v) is 20.0. The third-order valence-corrected chi connectivity index (χ3v) is 6.29. The monoisotopic (exact) mass is 466 g/mol. The van der Waals surface area contributed by atoms with Crippen LogP contribution in [0.2, 0.25) is 0 Å². The smallest absolute Gasteiger partial charge is 0.251 e. The Hall–Kier alpha value is -3.93. The summed E-state index contributed by atoms with van der Waals surface area (Å²) in [5, 5.41) is 7.87. The minimum Gasteiger partial charge on any atom is -0.497 e. The molecule has 35 heavy (non-hydrogen) atoms. The van der Waals surface area contributed by atoms with Crippen molar-refractivity contribution in [1.82, 2.24) is 20.1 Å². The molecule has 1 aliphatic carbocycles. The Morgan fingerprint density at radius 3 is 2.54 bits per heavy atom. The van der Waals surface area contributed by atoms with Crippen LogP contribution in [0.1, 0.15) is 53.3 Å². The van der Waals surface area contributed by atoms with Gasteiger partial charge in [-0.05, 0) is 74.1 Å². The van der Waals surface area contributed by atoms with Gasteiger partial charge in [0.1, 0.15) is 5.75 Å². The third-order valence-electron chi connectivity index (χ3n) is 6.29. The second-order valence-electron chi connectivity index (χ2n) is 8.96. The van der Waals surface area contributed by atoms with E-state index < -0.39 is 0 Å². The number of aryl methyl sites for hydroxylation is 1. The van der Waals surface area contributed by atoms with Crippen LogP contribution in [0.3, 0.4) is 0 Å². The molecule has 4 aromatic rings. The Morgan fingerprint density at radius 2 is 1.80 bits per heavy atom. The van der Waals surface area contributed by atoms with Gasteiger partial charge in [0.05, 0.1) is 12.8 Å². The van der Waals surface area contributed by atoms with Gasteiger partial charge in [-0.15, -0.1) is 0 Å². The van der Waals surface area contributed by atoms with Crippen molar-refractivity contribution >= 4 is 5.91 Å². The average molecular weight is 467 g/mol. The summed E-state index contributed by atoms with van der Waals surface area (Å²) >= 11 is 0. The van der Waals surface area contributed by atoms with E-state index in [4.69, 9.17) is 14.8 Å². The van der Waals surface area contributed by atoms with Crippen LogP contribution < -0.4 is 10.1 Å². The van der Waals surface area contributed by atoms with E-state index >= 15 is 0 Å². The highest BCUT2D eigenvalue weighted by molar-refractivity contribution is 5.95. The molecule has 0 radical (unpaired) electrons. The van der Waals surface area contributed by atoms with E-state index in [1.807, 2.05) is 59.3 Å². The van der Waals surface area contributed by atoms with Crippen molar-refractivity contribution in [3.8, 4) is 22.8 Å². The van der Waals surface area contributed by atoms with Crippen molar-refractivity contribution in [3.63, 3.8) is 0 Å². The van der Waals surface area contributed by atoms with Crippen LogP contribution >= 0.6 is 0 Å². The average Bonchev–Trinajstić information content (AvgIpc) is 3.67. The lowest BCUT2D eigenvalue weighted by molar-refractivity contribution is 0.0953. The predicted molar refractivity (Wildman–Crippen MR) is 137 cm³/mol. The number of carbonyl (C=O) groups is 1. The van der Waals surface area contributed by atoms with Gasteiger partial charge in [-0.25, -0.2) is 9.67 Å². The molecule has 1 aliphatic rings. The highest BCUT2D eigenvalue weighted by Gasteiger charge is 2.29. The van der Waals surface area contributed by atoms with Gasteiger partial charge in [0.2, 0.25) is 0 Å². The quantitative estimate of drug-likeness (QED) is 0.310. The van der Waals surface area contributed by atoms with Gasteiger partial charge in [-0.2, -0.15) is 5.10 Å². The molecule has 1 amide bonds. The van der Waals surface area contributed by atoms with Crippen LogP contribution in [0, 0.1) is 0 Å². The third kappa shape index (κ3) is 5.60. The molecule has 1 N–H and O–H groups in total. The lowest BCUT2D eigenvalue weighted by Crippen LogP contribution is -2.24. The van der Waals surface area contributed by atoms with Crippen molar-refractivity contribution in [2.75, 3.05) is 13.7 Å². The van der Waals surface area contributed by atoms with E-state index in [9.17, 15) is 4.79 Å². The number of benzene rings is 3. The molecule has 6 nitrogen and oxygen atoms in total. The SMILES string of the molecule is COc1ccc(-n2nc(C3CC3)nc2-c2cccc(C(=O)NCCCCc3ccccc3)c2)cc1. The van der Waals surface area contributed by atoms with Gasteiger partial charge in [0.25, 0.3) is 5.91 Å². The summed E-state index contributed by atoms with van der Waals surface area (Å²) in [6.45, 7) is 0.657. The van der Waals surface area contributed by atoms with Gasteiger partial charge < -0.3 is 10.1 Å². The number of rotatable bonds is 10. The Kier molecular flexibility index (Phi) is 6.89. The molecule has 178 valence electrons. The van der Waals surface area contributed by atoms with Crippen molar-refractivity contribution in [3.05, 3.63) is 95.8 Å². The highest BCUT2D eigenvalue weighted by Crippen LogP contribution is 2.39. The first-order chi connectivity index (χ1) is 17.2. The van der Waals surface area contributed by atoms with Crippen molar-refractivity contribution in [2.45, 2.75) is 38.0 Å². The fourth-order valence-corrected chi connectivity index (χ4v) is 4.14. The summed E-state index contributed by atoms with van der Waals surface area (Å²) in [6, 6.07) is 25.9. The second kappa shape index (κ2) is 10.6. The Morgan fingerprint density at radius 1 is 1.00 bits per heavy atom. The summed E-state index contributed by atoms with van der Waals surface area (Å²) in [5.41, 5.74) is 3.74. The van der Waals surface area contributed by atoms with E-state index in [0.29, 0.717) is 18.0 Å². The number of nitrogens with zero attached hydrogens (tertiary/aromatic N) is 3. The normalized spacial score (nSPS) is 12.9. The first-order valence-corrected chi connectivity index (χ1v) is 12.3. The van der Waals surface area contributed by atoms with Gasteiger partial charge >= 0.3 is 0 Å². The molecule has 5 rings (SSSR count). The predicted octanol–water partition coefficient (Wildman–Crippen LogP) is 5.57. The molecular weight excluding hydrogens is 436 g/mol. The number of unbranched alkanes of at least 4 members (excludes halogenated alkanes) is 1. The lowest BCUT2D eigenvalue weighted by Gasteiger charge is -2.09. The number of aromatic nitrogens is 3. The topological polar surface area (TPSA) is 69.0 Å². The molecular formula is C29H30N4O2. The maximum Gasteiger partial charge on any atom is 0.251 e. The Labute approximate surface area is 206 Å². The molecule has 0 unspecified atom stereocenters. The summed E-state index contributed by atoms with van der Waals surface area (Å²) in [5.74, 6) is 2.76. The molecule has 0 saturated heterocycles. The standard InChI is InChI=1S/C29H30N4O2/c1-35-26-17-15-25(16-18-26)33-28(31-27(32-33)22-13-14-22)23-11-7-12-24(20-23)29(34)30-19-6-5-10-21-8-3-2-4-9-21/h2-4,7-9,11-12,15-18,20,22H,5-6,10,13-14,19H2,1H3,(H,30,34). The van der Waals surface area contributed by atoms with Crippen LogP contribution in [0.5, 0.6) is 5.75 Å². The molecule has 0 bridgehead atoms. The van der Waals surface area contributed by atoms with Crippen LogP contribution in [0.15, 0.2) is 78.9 Å². The van der Waals surface area contributed by atoms with E-state index in [1.54, 1.807) is 7.11 Å². The summed E-state index contributed by atoms with van der Waals surface area (Å²) in [4.78, 5) is 17.7. The molecule has 3 aromatic carbocycles. The van der Waals surface area contributed by atoms with Crippen LogP contribution in [0.25, 0.3) is 17.1 Å². The summed E-state index contributed by atoms with van der Waals surface area (Å²) in [6.07, 6.45) is 5.25. The van der Waals surface area contributed by atoms with Gasteiger partial charge in [-0.3, -0.25) is 4.79 Å². The number of methoxy groups -OCH3 is 1. The van der Waals surface area contributed by atoms with E-state index in [0.717, 1.165) is 60.8 Å². The number of carbonyl (C=O) groups excluding carboxylic acids is 1. The number of ether oxygens (including phenoxy) is 1. The van der Waals surface area contributed by atoms with Crippen LogP contribution in [-0.2, 0) is 6.42 Å². The minimum absolute atomic E-state index is 0.0653. The zero-order chi connectivity index (χ0) is 24.0. The molecule has 0 spiro atoms. The summed E-state index contributed by atoms with van der Waals surface area (Å²) in [7, 11) is 1.65. The molecule has 0 aliphatic heterocycles. The number of hydrogen-bond acceptors (Lipinski definition) is 4. The molecule has 6 heteroatoms. The van der Waals surface area contributed by atoms with Gasteiger partial charge in [0.15, 0.2) is 11.6 Å². The lowest BCUT2D eigenvalue weighted by atomic mass is 10.1. The van der Waals surface area contributed by atoms with Crippen molar-refractivity contribution in [1.29, 1.82) is 0 Å². The molecule has 1 aromatic heterocycles. The van der Waals surface area contributed by atoms with Gasteiger partial charge in [-0.1, -0.05) is 42.5 Å². The van der Waals surface area contributed by atoms with E-state index in [2.05, 4.69) is 29.6 Å². The number of amides is 1. The van der Waals surface area contributed by atoms with Crippen LogP contribution in [-0.4, -0.2) is 34.3 Å². The van der Waals surface area contributed by atoms with Crippen LogP contribution in [0.4, 0.5) is 0 Å². The largest absolute Gasteiger partial charge is 0.497 e. The maximum absolute atomic E-state index is 12.8. The molecule has 1 heterocycles. The molecule has 0 atom stereocenters. The van der Waals surface area contributed by atoms with Gasteiger partial charge in [0, 0.05) is 23.6 Å². The maximum atomic E-state index is 12.8. The molecule has 1 saturated carbocycles. The van der Waals surface area contributed by atoms with E-state index in [-0.39, 0.29) is 5.91 Å². The first kappa shape index (κ1) is 22.8. The molecule has 1 fully saturated rings. The summed E-state index contributed by atoms with van der Waals surface area (Å²) < 4.78 is 7.16. The highest BCUT2D eigenvalue weighted by atomic mass is 16.5.